The normalized spacial score (nSPS) is 16.8. The summed E-state index contributed by atoms with van der Waals surface area (Å²) in [5.41, 5.74) is 8.87. The van der Waals surface area contributed by atoms with Gasteiger partial charge in [0.05, 0.1) is 12.2 Å². The lowest BCUT2D eigenvalue weighted by atomic mass is 10.1. The number of nitrogens with zero attached hydrogens (tertiary/aromatic N) is 2. The Hall–Kier alpha value is -2.78. The van der Waals surface area contributed by atoms with Gasteiger partial charge in [-0.15, -0.1) is 5.53 Å². The number of hydrogen-bond acceptors (Lipinski definition) is 5. The Balaban J connectivity index is 1.79. The average molecular weight is 365 g/mol. The van der Waals surface area contributed by atoms with Gasteiger partial charge in [-0.25, -0.2) is 17.6 Å². The second-order valence-electron chi connectivity index (χ2n) is 5.97. The maximum absolute atomic E-state index is 14.4. The molecule has 2 aromatic carbocycles. The van der Waals surface area contributed by atoms with Crippen LogP contribution in [0.25, 0.3) is 5.70 Å². The molecule has 0 aromatic heterocycles. The molecule has 0 unspecified atom stereocenters. The van der Waals surface area contributed by atoms with Gasteiger partial charge >= 0.3 is 0 Å². The van der Waals surface area contributed by atoms with Crippen molar-refractivity contribution in [2.75, 3.05) is 13.1 Å². The Kier molecular flexibility index (Phi) is 4.17. The molecule has 4 rings (SSSR count). The zero-order chi connectivity index (χ0) is 18.3. The van der Waals surface area contributed by atoms with Gasteiger partial charge in [0, 0.05) is 24.2 Å². The molecule has 1 fully saturated rings. The summed E-state index contributed by atoms with van der Waals surface area (Å²) in [7, 11) is 0. The van der Waals surface area contributed by atoms with Crippen molar-refractivity contribution in [3.63, 3.8) is 0 Å². The van der Waals surface area contributed by atoms with E-state index in [0.717, 1.165) is 24.3 Å². The zero-order valence-corrected chi connectivity index (χ0v) is 13.5. The first kappa shape index (κ1) is 16.7. The highest BCUT2D eigenvalue weighted by Crippen LogP contribution is 2.32. The lowest BCUT2D eigenvalue weighted by Gasteiger charge is -2.36. The summed E-state index contributed by atoms with van der Waals surface area (Å²) < 4.78 is 55.8. The van der Waals surface area contributed by atoms with Crippen molar-refractivity contribution in [2.24, 2.45) is 0 Å². The quantitative estimate of drug-likeness (QED) is 0.728. The molecule has 2 aromatic rings. The molecule has 136 valence electrons. The van der Waals surface area contributed by atoms with Crippen molar-refractivity contribution in [3.05, 3.63) is 76.6 Å². The van der Waals surface area contributed by atoms with Crippen molar-refractivity contribution < 1.29 is 17.6 Å². The molecule has 2 aliphatic rings. The van der Waals surface area contributed by atoms with Gasteiger partial charge in [0.1, 0.15) is 11.6 Å². The van der Waals surface area contributed by atoms with Gasteiger partial charge in [-0.2, -0.15) is 5.53 Å². The molecular weight excluding hydrogens is 350 g/mol. The number of fused-ring (bicyclic) bond motifs is 1. The first-order valence-corrected chi connectivity index (χ1v) is 7.96. The number of nitrogens with one attached hydrogen (secondary N) is 3. The molecule has 0 bridgehead atoms. The molecule has 0 radical (unpaired) electrons. The second kappa shape index (κ2) is 6.50. The molecule has 2 aliphatic heterocycles. The van der Waals surface area contributed by atoms with Gasteiger partial charge < -0.3 is 4.90 Å². The first-order valence-electron chi connectivity index (χ1n) is 7.96. The smallest absolute Gasteiger partial charge is 0.168 e. The Morgan fingerprint density at radius 2 is 1.81 bits per heavy atom. The van der Waals surface area contributed by atoms with Crippen molar-refractivity contribution in [2.45, 2.75) is 6.54 Å². The monoisotopic (exact) mass is 365 g/mol. The lowest BCUT2D eigenvalue weighted by Crippen LogP contribution is -2.44. The van der Waals surface area contributed by atoms with E-state index in [9.17, 15) is 17.6 Å². The Labute approximate surface area is 146 Å². The van der Waals surface area contributed by atoms with Gasteiger partial charge in [-0.1, -0.05) is 6.07 Å². The summed E-state index contributed by atoms with van der Waals surface area (Å²) >= 11 is 0. The topological polar surface area (TPSA) is 42.6 Å². The molecule has 26 heavy (non-hydrogen) atoms. The average Bonchev–Trinajstić information content (AvgIpc) is 3.09. The third-order valence-electron chi connectivity index (χ3n) is 4.35. The third kappa shape index (κ3) is 2.85. The molecule has 0 saturated carbocycles. The van der Waals surface area contributed by atoms with Crippen LogP contribution >= 0.6 is 0 Å². The van der Waals surface area contributed by atoms with Crippen LogP contribution in [0, 0.1) is 23.3 Å². The summed E-state index contributed by atoms with van der Waals surface area (Å²) in [4.78, 5) is 1.68. The molecule has 0 amide bonds. The maximum Gasteiger partial charge on any atom is 0.168 e. The zero-order valence-electron chi connectivity index (χ0n) is 13.5. The van der Waals surface area contributed by atoms with Crippen molar-refractivity contribution in [1.82, 2.24) is 26.4 Å². The van der Waals surface area contributed by atoms with E-state index in [1.165, 1.54) is 12.1 Å². The van der Waals surface area contributed by atoms with Gasteiger partial charge in [0.25, 0.3) is 0 Å². The van der Waals surface area contributed by atoms with E-state index in [4.69, 9.17) is 0 Å². The Morgan fingerprint density at radius 1 is 0.962 bits per heavy atom. The molecule has 1 saturated heterocycles. The Bertz CT molecular complexity index is 885. The van der Waals surface area contributed by atoms with Crippen molar-refractivity contribution in [3.8, 4) is 0 Å². The van der Waals surface area contributed by atoms with Gasteiger partial charge in [0.15, 0.2) is 17.5 Å². The van der Waals surface area contributed by atoms with Crippen LogP contribution in [0.15, 0.2) is 42.2 Å². The minimum atomic E-state index is -1.00. The van der Waals surface area contributed by atoms with Crippen LogP contribution in [0.1, 0.15) is 11.1 Å². The molecule has 0 spiro atoms. The number of hydrazine groups is 3. The number of halogens is 4. The van der Waals surface area contributed by atoms with Crippen LogP contribution in [0.3, 0.4) is 0 Å². The molecule has 2 heterocycles. The lowest BCUT2D eigenvalue weighted by molar-refractivity contribution is 0.209. The minimum Gasteiger partial charge on any atom is -0.362 e. The summed E-state index contributed by atoms with van der Waals surface area (Å²) in [5.74, 6) is -2.64. The largest absolute Gasteiger partial charge is 0.362 e. The van der Waals surface area contributed by atoms with Gasteiger partial charge in [-0.3, -0.25) is 10.4 Å². The van der Waals surface area contributed by atoms with E-state index >= 15 is 0 Å². The second-order valence-corrected chi connectivity index (χ2v) is 5.97. The van der Waals surface area contributed by atoms with Crippen LogP contribution in [0.2, 0.25) is 0 Å². The van der Waals surface area contributed by atoms with Gasteiger partial charge in [0.2, 0.25) is 0 Å². The summed E-state index contributed by atoms with van der Waals surface area (Å²) in [5, 5.41) is 1.69. The van der Waals surface area contributed by atoms with Crippen LogP contribution in [0.5, 0.6) is 0 Å². The number of benzene rings is 2. The SMILES string of the molecule is Fc1ccc(F)c(CN2CCN3NNNC3=C2c2cccc(F)c2F)c1. The van der Waals surface area contributed by atoms with E-state index in [0.29, 0.717) is 24.6 Å². The molecule has 9 heteroatoms. The number of rotatable bonds is 3. The van der Waals surface area contributed by atoms with Crippen molar-refractivity contribution in [1.29, 1.82) is 0 Å². The highest BCUT2D eigenvalue weighted by molar-refractivity contribution is 5.68. The summed E-state index contributed by atoms with van der Waals surface area (Å²) in [6.07, 6.45) is 0. The maximum atomic E-state index is 14.4. The highest BCUT2D eigenvalue weighted by Gasteiger charge is 2.32. The summed E-state index contributed by atoms with van der Waals surface area (Å²) in [6, 6.07) is 7.06. The molecular formula is C17H15F4N5. The minimum absolute atomic E-state index is 0.00784. The predicted octanol–water partition coefficient (Wildman–Crippen LogP) is 2.21. The molecule has 0 atom stereocenters. The highest BCUT2D eigenvalue weighted by atomic mass is 19.2. The van der Waals surface area contributed by atoms with Crippen LogP contribution in [-0.4, -0.2) is 23.0 Å². The predicted molar refractivity (Wildman–Crippen MR) is 86.2 cm³/mol. The summed E-state index contributed by atoms with van der Waals surface area (Å²) in [6.45, 7) is 0.891. The van der Waals surface area contributed by atoms with Crippen LogP contribution in [0.4, 0.5) is 17.6 Å². The molecule has 3 N–H and O–H groups in total. The fraction of sp³-hybridized carbons (Fsp3) is 0.176. The third-order valence-corrected chi connectivity index (χ3v) is 4.35. The van der Waals surface area contributed by atoms with E-state index in [-0.39, 0.29) is 17.7 Å². The fourth-order valence-electron chi connectivity index (χ4n) is 3.13. The fourth-order valence-corrected chi connectivity index (χ4v) is 3.13. The van der Waals surface area contributed by atoms with Crippen LogP contribution < -0.4 is 16.5 Å². The van der Waals surface area contributed by atoms with E-state index < -0.39 is 23.3 Å². The first-order chi connectivity index (χ1) is 12.5. The van der Waals surface area contributed by atoms with E-state index in [2.05, 4.69) is 16.5 Å². The van der Waals surface area contributed by atoms with Gasteiger partial charge in [-0.05, 0) is 30.3 Å². The van der Waals surface area contributed by atoms with Crippen LogP contribution in [-0.2, 0) is 6.54 Å². The van der Waals surface area contributed by atoms with Crippen molar-refractivity contribution >= 4 is 5.70 Å². The Morgan fingerprint density at radius 3 is 2.65 bits per heavy atom. The number of hydrogen-bond donors (Lipinski definition) is 3. The van der Waals surface area contributed by atoms with E-state index in [1.54, 1.807) is 9.91 Å². The molecule has 5 nitrogen and oxygen atoms in total. The van der Waals surface area contributed by atoms with E-state index in [1.807, 2.05) is 0 Å². The standard InChI is InChI=1S/C17H15F4N5/c18-11-4-5-13(19)10(8-11)9-25-6-7-26-17(22-23-24-26)16(25)12-2-1-3-14(20)15(12)21/h1-5,8,22-24H,6-7,9H2. The molecule has 0 aliphatic carbocycles.